The van der Waals surface area contributed by atoms with Gasteiger partial charge in [0.15, 0.2) is 5.65 Å². The maximum absolute atomic E-state index is 13.6. The summed E-state index contributed by atoms with van der Waals surface area (Å²) in [5.41, 5.74) is 3.05. The van der Waals surface area contributed by atoms with Crippen LogP contribution in [0.1, 0.15) is 54.6 Å². The highest BCUT2D eigenvalue weighted by atomic mass is 19.4. The molecule has 0 saturated heterocycles. The van der Waals surface area contributed by atoms with Gasteiger partial charge in [-0.15, -0.1) is 5.10 Å². The Labute approximate surface area is 159 Å². The molecule has 8 heteroatoms. The van der Waals surface area contributed by atoms with Crippen molar-refractivity contribution >= 4 is 5.65 Å². The molecular weight excluding hydrogens is 372 g/mol. The third-order valence-corrected chi connectivity index (χ3v) is 5.50. The topological polar surface area (TPSA) is 42.2 Å². The molecule has 1 N–H and O–H groups in total. The number of hydrogen-bond acceptors (Lipinski definition) is 3. The van der Waals surface area contributed by atoms with Gasteiger partial charge in [-0.1, -0.05) is 38.1 Å². The van der Waals surface area contributed by atoms with Gasteiger partial charge in [-0.2, -0.15) is 17.6 Å². The number of hydrogen-bond donors (Lipinski definition) is 1. The Kier molecular flexibility index (Phi) is 4.22. The number of aromatic nitrogens is 3. The largest absolute Gasteiger partial charge is 0.407 e. The van der Waals surface area contributed by atoms with E-state index in [1.54, 1.807) is 22.8 Å². The normalized spacial score (nSPS) is 19.8. The quantitative estimate of drug-likeness (QED) is 0.667. The lowest BCUT2D eigenvalue weighted by atomic mass is 9.86. The average molecular weight is 392 g/mol. The van der Waals surface area contributed by atoms with Crippen molar-refractivity contribution in [3.05, 3.63) is 64.9 Å². The molecule has 3 aromatic rings. The molecule has 1 aliphatic rings. The van der Waals surface area contributed by atoms with Crippen LogP contribution in [-0.2, 0) is 5.41 Å². The minimum atomic E-state index is -4.36. The molecule has 0 bridgehead atoms. The number of nitrogens with zero attached hydrogens (tertiary/aromatic N) is 3. The maximum atomic E-state index is 13.6. The summed E-state index contributed by atoms with van der Waals surface area (Å²) in [5, 5.41) is 6.25. The van der Waals surface area contributed by atoms with E-state index in [2.05, 4.69) is 29.2 Å². The molecule has 0 fully saturated rings. The predicted octanol–water partition coefficient (Wildman–Crippen LogP) is 4.50. The highest BCUT2D eigenvalue weighted by Crippen LogP contribution is 2.48. The fraction of sp³-hybridized carbons (Fsp3) is 0.400. The van der Waals surface area contributed by atoms with Crippen molar-refractivity contribution in [2.75, 3.05) is 7.05 Å². The predicted molar refractivity (Wildman–Crippen MR) is 96.7 cm³/mol. The number of benzene rings is 1. The lowest BCUT2D eigenvalue weighted by Crippen LogP contribution is -2.31. The van der Waals surface area contributed by atoms with Crippen molar-refractivity contribution in [1.29, 1.82) is 0 Å². The van der Waals surface area contributed by atoms with Crippen molar-refractivity contribution in [2.45, 2.75) is 43.8 Å². The van der Waals surface area contributed by atoms with Gasteiger partial charge >= 0.3 is 6.18 Å². The molecular formula is C20H20F4N4. The molecule has 2 aromatic heterocycles. The fourth-order valence-corrected chi connectivity index (χ4v) is 4.31. The summed E-state index contributed by atoms with van der Waals surface area (Å²) in [6, 6.07) is 6.06. The van der Waals surface area contributed by atoms with Crippen LogP contribution < -0.4 is 5.32 Å². The van der Waals surface area contributed by atoms with E-state index < -0.39 is 18.2 Å². The van der Waals surface area contributed by atoms with Gasteiger partial charge in [-0.25, -0.2) is 9.50 Å². The first-order valence-corrected chi connectivity index (χ1v) is 9.00. The molecule has 2 heterocycles. The minimum Gasteiger partial charge on any atom is -0.306 e. The van der Waals surface area contributed by atoms with E-state index in [0.29, 0.717) is 5.65 Å². The highest BCUT2D eigenvalue weighted by Gasteiger charge is 2.42. The Morgan fingerprint density at radius 3 is 2.50 bits per heavy atom. The van der Waals surface area contributed by atoms with E-state index in [-0.39, 0.29) is 16.9 Å². The molecule has 4 rings (SSSR count). The van der Waals surface area contributed by atoms with Crippen molar-refractivity contribution in [3.8, 4) is 0 Å². The van der Waals surface area contributed by atoms with E-state index in [1.807, 2.05) is 0 Å². The summed E-state index contributed by atoms with van der Waals surface area (Å²) in [5.74, 6) is -0.628. The van der Waals surface area contributed by atoms with Gasteiger partial charge in [0.25, 0.3) is 0 Å². The zero-order valence-electron chi connectivity index (χ0n) is 15.7. The van der Waals surface area contributed by atoms with Gasteiger partial charge in [0, 0.05) is 29.2 Å². The van der Waals surface area contributed by atoms with Crippen LogP contribution in [0.5, 0.6) is 0 Å². The third-order valence-electron chi connectivity index (χ3n) is 5.50. The summed E-state index contributed by atoms with van der Waals surface area (Å²) in [4.78, 5) is 4.31. The van der Waals surface area contributed by atoms with E-state index in [4.69, 9.17) is 0 Å². The van der Waals surface area contributed by atoms with Crippen molar-refractivity contribution < 1.29 is 17.6 Å². The second-order valence-corrected chi connectivity index (χ2v) is 7.87. The van der Waals surface area contributed by atoms with Crippen molar-refractivity contribution in [3.63, 3.8) is 0 Å². The maximum Gasteiger partial charge on any atom is 0.407 e. The summed E-state index contributed by atoms with van der Waals surface area (Å²) >= 11 is 0. The molecule has 28 heavy (non-hydrogen) atoms. The Bertz CT molecular complexity index is 1020. The average Bonchev–Trinajstić information content (AvgIpc) is 3.11. The molecule has 148 valence electrons. The molecule has 0 spiro atoms. The minimum absolute atomic E-state index is 0.0397. The first-order chi connectivity index (χ1) is 13.1. The SMILES string of the molecule is CN[C@@H](c1ccc(C2CC(C)(C)c3c2cnc2cc(F)nn32)cc1)C(F)(F)F. The second-order valence-electron chi connectivity index (χ2n) is 7.87. The third kappa shape index (κ3) is 2.96. The summed E-state index contributed by atoms with van der Waals surface area (Å²) < 4.78 is 54.6. The van der Waals surface area contributed by atoms with Crippen LogP contribution in [0.25, 0.3) is 5.65 Å². The molecule has 1 unspecified atom stereocenters. The Morgan fingerprint density at radius 2 is 1.89 bits per heavy atom. The van der Waals surface area contributed by atoms with Gasteiger partial charge in [-0.05, 0) is 24.6 Å². The standard InChI is InChI=1S/C20H20F4N4/c1-19(2)9-13(14-10-26-16-8-15(21)27-28(16)18(14)19)11-4-6-12(7-5-11)17(25-3)20(22,23)24/h4-8,10,13,17,25H,9H2,1-3H3/t13?,17-/m0/s1. The summed E-state index contributed by atoms with van der Waals surface area (Å²) in [7, 11) is 1.29. The van der Waals surface area contributed by atoms with Gasteiger partial charge in [0.1, 0.15) is 6.04 Å². The first kappa shape index (κ1) is 18.9. The molecule has 1 aliphatic carbocycles. The van der Waals surface area contributed by atoms with Crippen LogP contribution in [0.4, 0.5) is 17.6 Å². The van der Waals surface area contributed by atoms with E-state index in [1.165, 1.54) is 25.2 Å². The van der Waals surface area contributed by atoms with Gasteiger partial charge in [-0.3, -0.25) is 0 Å². The number of nitrogens with one attached hydrogen (secondary N) is 1. The number of alkyl halides is 3. The summed E-state index contributed by atoms with van der Waals surface area (Å²) in [6.07, 6.45) is -1.90. The number of halogens is 4. The van der Waals surface area contributed by atoms with Gasteiger partial charge in [0.2, 0.25) is 5.95 Å². The molecule has 0 radical (unpaired) electrons. The molecule has 2 atom stereocenters. The van der Waals surface area contributed by atoms with Crippen LogP contribution in [0.2, 0.25) is 0 Å². The fourth-order valence-electron chi connectivity index (χ4n) is 4.31. The lowest BCUT2D eigenvalue weighted by molar-refractivity contribution is -0.156. The van der Waals surface area contributed by atoms with Crippen molar-refractivity contribution in [2.24, 2.45) is 0 Å². The van der Waals surface area contributed by atoms with Gasteiger partial charge < -0.3 is 5.32 Å². The Hall–Kier alpha value is -2.48. The monoisotopic (exact) mass is 392 g/mol. The zero-order chi connectivity index (χ0) is 20.3. The number of rotatable bonds is 3. The smallest absolute Gasteiger partial charge is 0.306 e. The molecule has 1 aromatic carbocycles. The van der Waals surface area contributed by atoms with Crippen LogP contribution in [0.15, 0.2) is 36.5 Å². The van der Waals surface area contributed by atoms with E-state index in [9.17, 15) is 17.6 Å². The highest BCUT2D eigenvalue weighted by molar-refractivity contribution is 5.49. The second kappa shape index (κ2) is 6.27. The Morgan fingerprint density at radius 1 is 1.21 bits per heavy atom. The first-order valence-electron chi connectivity index (χ1n) is 9.00. The van der Waals surface area contributed by atoms with Gasteiger partial charge in [0.05, 0.1) is 5.69 Å². The van der Waals surface area contributed by atoms with Crippen LogP contribution >= 0.6 is 0 Å². The number of fused-ring (bicyclic) bond motifs is 3. The molecule has 4 nitrogen and oxygen atoms in total. The summed E-state index contributed by atoms with van der Waals surface area (Å²) in [6.45, 7) is 4.11. The molecule has 0 saturated carbocycles. The Balaban J connectivity index is 1.75. The lowest BCUT2D eigenvalue weighted by Gasteiger charge is -2.21. The van der Waals surface area contributed by atoms with Crippen LogP contribution in [0, 0.1) is 5.95 Å². The van der Waals surface area contributed by atoms with Crippen LogP contribution in [0.3, 0.4) is 0 Å². The molecule has 0 aliphatic heterocycles. The van der Waals surface area contributed by atoms with E-state index >= 15 is 0 Å². The molecule has 0 amide bonds. The van der Waals surface area contributed by atoms with Crippen LogP contribution in [-0.4, -0.2) is 27.8 Å². The van der Waals surface area contributed by atoms with E-state index in [0.717, 1.165) is 23.2 Å². The van der Waals surface area contributed by atoms with Crippen molar-refractivity contribution in [1.82, 2.24) is 19.9 Å². The zero-order valence-corrected chi connectivity index (χ0v) is 15.7.